The van der Waals surface area contributed by atoms with Gasteiger partial charge < -0.3 is 19.7 Å². The van der Waals surface area contributed by atoms with Crippen molar-refractivity contribution in [2.45, 2.75) is 221 Å². The first-order valence-corrected chi connectivity index (χ1v) is 25.3. The number of rotatable bonds is 16. The second-order valence-corrected chi connectivity index (χ2v) is 23.5. The van der Waals surface area contributed by atoms with Gasteiger partial charge in [0.2, 0.25) is 0 Å². The van der Waals surface area contributed by atoms with Crippen LogP contribution in [0.25, 0.3) is 0 Å². The van der Waals surface area contributed by atoms with Crippen molar-refractivity contribution in [3.8, 4) is 23.0 Å². The van der Waals surface area contributed by atoms with Crippen LogP contribution >= 0.6 is 0 Å². The Morgan fingerprint density at radius 1 is 0.344 bits per heavy atom. The summed E-state index contributed by atoms with van der Waals surface area (Å²) in [6.07, 6.45) is 16.4. The fourth-order valence-electron chi connectivity index (χ4n) is 9.13. The average molecular weight is 873 g/mol. The minimum Gasteiger partial charge on any atom is -0.507 e. The number of ether oxygens (including phenoxy) is 2. The molecule has 352 valence electrons. The van der Waals surface area contributed by atoms with Crippen molar-refractivity contribution in [2.24, 2.45) is 0 Å². The van der Waals surface area contributed by atoms with E-state index in [1.165, 1.54) is 73.6 Å². The fourth-order valence-corrected chi connectivity index (χ4v) is 9.13. The zero-order valence-electron chi connectivity index (χ0n) is 43.1. The Labute approximate surface area is 391 Å². The van der Waals surface area contributed by atoms with Crippen molar-refractivity contribution >= 4 is 0 Å². The summed E-state index contributed by atoms with van der Waals surface area (Å²) in [6, 6.07) is 18.3. The molecule has 0 aliphatic heterocycles. The third-order valence-corrected chi connectivity index (χ3v) is 13.5. The molecular formula is C60H88O4. The van der Waals surface area contributed by atoms with Crippen molar-refractivity contribution in [3.63, 3.8) is 0 Å². The highest BCUT2D eigenvalue weighted by atomic mass is 16.5. The smallest absolute Gasteiger partial charge is 0.126 e. The number of unbranched alkanes of at least 4 members (excludes halogenated alkanes) is 10. The average Bonchev–Trinajstić information content (AvgIpc) is 3.19. The normalized spacial score (nSPS) is 13.6. The number of phenolic OH excluding ortho intramolecular Hbond substituents is 2. The quantitative estimate of drug-likeness (QED) is 0.0970. The van der Waals surface area contributed by atoms with E-state index in [2.05, 4.69) is 145 Å². The number of hydrogen-bond acceptors (Lipinski definition) is 4. The van der Waals surface area contributed by atoms with Gasteiger partial charge in [-0.05, 0) is 101 Å². The lowest BCUT2D eigenvalue weighted by molar-refractivity contribution is 0.298. The number of fused-ring (bicyclic) bond motifs is 8. The van der Waals surface area contributed by atoms with Gasteiger partial charge in [-0.1, -0.05) is 210 Å². The van der Waals surface area contributed by atoms with Gasteiger partial charge in [-0.2, -0.15) is 0 Å². The second kappa shape index (κ2) is 21.6. The molecule has 0 atom stereocenters. The molecule has 4 aromatic rings. The maximum absolute atomic E-state index is 12.6. The fraction of sp³-hybridized carbons (Fsp3) is 0.600. The van der Waals surface area contributed by atoms with Gasteiger partial charge in [0.25, 0.3) is 0 Å². The van der Waals surface area contributed by atoms with Crippen molar-refractivity contribution < 1.29 is 19.7 Å². The number of aromatic hydroxyl groups is 2. The van der Waals surface area contributed by atoms with Gasteiger partial charge in [-0.3, -0.25) is 0 Å². The molecule has 64 heavy (non-hydrogen) atoms. The summed E-state index contributed by atoms with van der Waals surface area (Å²) < 4.78 is 14.0. The van der Waals surface area contributed by atoms with Crippen LogP contribution in [0.2, 0.25) is 0 Å². The summed E-state index contributed by atoms with van der Waals surface area (Å²) >= 11 is 0. The van der Waals surface area contributed by atoms with Crippen molar-refractivity contribution in [2.75, 3.05) is 13.2 Å². The van der Waals surface area contributed by atoms with Crippen LogP contribution in [-0.4, -0.2) is 23.4 Å². The lowest BCUT2D eigenvalue weighted by Gasteiger charge is -2.28. The van der Waals surface area contributed by atoms with Crippen LogP contribution in [-0.2, 0) is 47.3 Å². The molecule has 0 heterocycles. The highest BCUT2D eigenvalue weighted by Gasteiger charge is 2.28. The third-order valence-electron chi connectivity index (χ3n) is 13.5. The molecule has 0 amide bonds. The maximum atomic E-state index is 12.6. The van der Waals surface area contributed by atoms with Crippen molar-refractivity contribution in [1.29, 1.82) is 0 Å². The minimum atomic E-state index is -0.145. The Hall–Kier alpha value is -3.92. The molecule has 0 saturated carbocycles. The van der Waals surface area contributed by atoms with E-state index in [4.69, 9.17) is 9.47 Å². The van der Waals surface area contributed by atoms with Crippen LogP contribution in [0, 0.1) is 0 Å². The maximum Gasteiger partial charge on any atom is 0.126 e. The molecule has 5 rings (SSSR count). The summed E-state index contributed by atoms with van der Waals surface area (Å²) in [4.78, 5) is 0. The van der Waals surface area contributed by atoms with Crippen LogP contribution in [0.3, 0.4) is 0 Å². The topological polar surface area (TPSA) is 58.9 Å². The molecule has 4 aromatic carbocycles. The van der Waals surface area contributed by atoms with Gasteiger partial charge in [0.05, 0.1) is 13.2 Å². The monoisotopic (exact) mass is 873 g/mol. The van der Waals surface area contributed by atoms with Crippen molar-refractivity contribution in [1.82, 2.24) is 0 Å². The van der Waals surface area contributed by atoms with Crippen LogP contribution < -0.4 is 9.47 Å². The summed E-state index contributed by atoms with van der Waals surface area (Å²) in [5, 5.41) is 25.2. The summed E-state index contributed by atoms with van der Waals surface area (Å²) in [6.45, 7) is 33.0. The molecular weight excluding hydrogens is 785 g/mol. The van der Waals surface area contributed by atoms with Crippen LogP contribution in [0.5, 0.6) is 23.0 Å². The second-order valence-electron chi connectivity index (χ2n) is 23.5. The largest absolute Gasteiger partial charge is 0.507 e. The number of hydrogen-bond donors (Lipinski definition) is 2. The standard InChI is InChI=1S/C60H88O4/c1-15-17-19-21-23-25-27-63-55-45-29-41-33-49(57(3,4)5)35-43(53(41)61)31-47-39-52(60(12,13)14)40-48(56(47)64-28-26-24-22-20-18-16-2)32-44-36-50(58(6,7)8)34-42(54(44)62)30-46(55)38-51(37-45)59(9,10)11/h33-40,61-62H,15-32H2,1-14H3. The Morgan fingerprint density at radius 2 is 0.562 bits per heavy atom. The molecule has 8 bridgehead atoms. The van der Waals surface area contributed by atoms with Crippen molar-refractivity contribution in [3.05, 3.63) is 115 Å². The molecule has 1 aliphatic carbocycles. The molecule has 4 nitrogen and oxygen atoms in total. The third kappa shape index (κ3) is 13.6. The van der Waals surface area contributed by atoms with Gasteiger partial charge in [-0.15, -0.1) is 0 Å². The molecule has 2 N–H and O–H groups in total. The SMILES string of the molecule is CCCCCCCCOc1c2cc(C(C)(C)C)cc1Cc1cc(C(C)(C)C)cc(c1O)Cc1cc(C(C)(C)C)cc(c1OCCCCCCCC)Cc1cc(C(C)(C)C)cc(c1O)C2. The molecule has 0 spiro atoms. The highest BCUT2D eigenvalue weighted by Crippen LogP contribution is 2.44. The molecule has 0 fully saturated rings. The van der Waals surface area contributed by atoms with E-state index >= 15 is 0 Å². The van der Waals surface area contributed by atoms with E-state index in [1.54, 1.807) is 0 Å². The zero-order chi connectivity index (χ0) is 47.0. The van der Waals surface area contributed by atoms with E-state index in [-0.39, 0.29) is 21.7 Å². The Morgan fingerprint density at radius 3 is 0.797 bits per heavy atom. The minimum absolute atomic E-state index is 0.136. The van der Waals surface area contributed by atoms with Gasteiger partial charge in [0, 0.05) is 25.7 Å². The van der Waals surface area contributed by atoms with Gasteiger partial charge in [-0.25, -0.2) is 0 Å². The van der Waals surface area contributed by atoms with E-state index < -0.39 is 0 Å². The van der Waals surface area contributed by atoms with Crippen LogP contribution in [0.1, 0.15) is 241 Å². The zero-order valence-corrected chi connectivity index (χ0v) is 43.1. The highest BCUT2D eigenvalue weighted by molar-refractivity contribution is 5.59. The molecule has 0 aromatic heterocycles. The first-order valence-electron chi connectivity index (χ1n) is 25.3. The summed E-state index contributed by atoms with van der Waals surface area (Å²) in [5.41, 5.74) is 12.3. The predicted octanol–water partition coefficient (Wildman–Crippen LogP) is 16.4. The van der Waals surface area contributed by atoms with Gasteiger partial charge in [0.15, 0.2) is 0 Å². The molecule has 0 unspecified atom stereocenters. The van der Waals surface area contributed by atoms with E-state index in [0.29, 0.717) is 50.4 Å². The first kappa shape index (κ1) is 51.1. The Kier molecular flexibility index (Phi) is 17.2. The van der Waals surface area contributed by atoms with E-state index in [1.807, 2.05) is 0 Å². The summed E-state index contributed by atoms with van der Waals surface area (Å²) in [7, 11) is 0. The van der Waals surface area contributed by atoms with Gasteiger partial charge in [0.1, 0.15) is 23.0 Å². The lowest BCUT2D eigenvalue weighted by Crippen LogP contribution is -2.17. The number of phenols is 2. The summed E-state index contributed by atoms with van der Waals surface area (Å²) in [5.74, 6) is 2.49. The predicted molar refractivity (Wildman–Crippen MR) is 273 cm³/mol. The van der Waals surface area contributed by atoms with E-state index in [0.717, 1.165) is 81.7 Å². The van der Waals surface area contributed by atoms with Crippen LogP contribution in [0.15, 0.2) is 48.5 Å². The van der Waals surface area contributed by atoms with Crippen LogP contribution in [0.4, 0.5) is 0 Å². The number of benzene rings is 4. The molecule has 1 aliphatic rings. The molecule has 0 radical (unpaired) electrons. The molecule has 0 saturated heterocycles. The first-order chi connectivity index (χ1) is 30.0. The molecule has 4 heteroatoms. The Balaban J connectivity index is 1.81. The lowest BCUT2D eigenvalue weighted by atomic mass is 9.79. The Bertz CT molecular complexity index is 1910. The van der Waals surface area contributed by atoms with E-state index in [9.17, 15) is 10.2 Å². The van der Waals surface area contributed by atoms with Gasteiger partial charge >= 0.3 is 0 Å².